The van der Waals surface area contributed by atoms with Crippen molar-refractivity contribution >= 4 is 22.6 Å². The van der Waals surface area contributed by atoms with Gasteiger partial charge in [0.15, 0.2) is 0 Å². The standard InChI is InChI=1S/C16H20N2O2/c1-16(2,3)12-7-9-18-15-11(12)5-4-6-13(15)17-10-8-14(19)20/h4-7,9,17H,8,10H2,1-3H3,(H,19,20). The molecule has 2 aromatic rings. The molecule has 0 radical (unpaired) electrons. The number of fused-ring (bicyclic) bond motifs is 1. The molecule has 2 rings (SSSR count). The molecule has 106 valence electrons. The molecule has 2 N–H and O–H groups in total. The Bertz CT molecular complexity index is 630. The van der Waals surface area contributed by atoms with Crippen LogP contribution in [0.4, 0.5) is 5.69 Å². The van der Waals surface area contributed by atoms with Gasteiger partial charge in [-0.1, -0.05) is 32.9 Å². The van der Waals surface area contributed by atoms with Crippen LogP contribution in [0.15, 0.2) is 30.5 Å². The van der Waals surface area contributed by atoms with Crippen LogP contribution in [-0.2, 0) is 10.2 Å². The number of carboxylic acids is 1. The molecule has 1 heterocycles. The minimum absolute atomic E-state index is 0.0425. The summed E-state index contributed by atoms with van der Waals surface area (Å²) in [6.45, 7) is 6.92. The molecule has 0 aliphatic heterocycles. The highest BCUT2D eigenvalue weighted by molar-refractivity contribution is 5.93. The number of para-hydroxylation sites is 1. The number of anilines is 1. The van der Waals surface area contributed by atoms with Crippen LogP contribution < -0.4 is 5.32 Å². The molecule has 1 aromatic heterocycles. The van der Waals surface area contributed by atoms with Crippen LogP contribution in [0.1, 0.15) is 32.8 Å². The number of rotatable bonds is 4. The lowest BCUT2D eigenvalue weighted by atomic mass is 9.85. The molecule has 20 heavy (non-hydrogen) atoms. The Morgan fingerprint density at radius 2 is 2.05 bits per heavy atom. The van der Waals surface area contributed by atoms with Crippen LogP contribution in [0.25, 0.3) is 10.9 Å². The molecule has 0 aliphatic carbocycles. The molecule has 0 bridgehead atoms. The van der Waals surface area contributed by atoms with Crippen LogP contribution in [0.3, 0.4) is 0 Å². The molecule has 0 fully saturated rings. The summed E-state index contributed by atoms with van der Waals surface area (Å²) in [7, 11) is 0. The first-order valence-corrected chi connectivity index (χ1v) is 6.73. The number of nitrogens with one attached hydrogen (secondary N) is 1. The quantitative estimate of drug-likeness (QED) is 0.895. The van der Waals surface area contributed by atoms with Crippen LogP contribution in [0.5, 0.6) is 0 Å². The number of carboxylic acid groups (broad SMARTS) is 1. The summed E-state index contributed by atoms with van der Waals surface area (Å²) in [5.74, 6) is -0.805. The molecule has 1 aromatic carbocycles. The molecular formula is C16H20N2O2. The van der Waals surface area contributed by atoms with E-state index < -0.39 is 5.97 Å². The van der Waals surface area contributed by atoms with E-state index in [4.69, 9.17) is 5.11 Å². The maximum Gasteiger partial charge on any atom is 0.305 e. The van der Waals surface area contributed by atoms with Crippen molar-refractivity contribution in [3.63, 3.8) is 0 Å². The van der Waals surface area contributed by atoms with Gasteiger partial charge in [0.25, 0.3) is 0 Å². The van der Waals surface area contributed by atoms with E-state index in [2.05, 4.69) is 37.1 Å². The Balaban J connectivity index is 2.40. The first-order valence-electron chi connectivity index (χ1n) is 6.73. The SMILES string of the molecule is CC(C)(C)c1ccnc2c(NCCC(=O)O)cccc12. The lowest BCUT2D eigenvalue weighted by Crippen LogP contribution is -2.13. The Hall–Kier alpha value is -2.10. The number of hydrogen-bond donors (Lipinski definition) is 2. The van der Waals surface area contributed by atoms with E-state index in [1.807, 2.05) is 24.4 Å². The predicted molar refractivity (Wildman–Crippen MR) is 81.2 cm³/mol. The zero-order valence-electron chi connectivity index (χ0n) is 12.1. The summed E-state index contributed by atoms with van der Waals surface area (Å²) in [6.07, 6.45) is 1.90. The third kappa shape index (κ3) is 3.07. The van der Waals surface area contributed by atoms with E-state index in [1.54, 1.807) is 0 Å². The Morgan fingerprint density at radius 3 is 2.70 bits per heavy atom. The van der Waals surface area contributed by atoms with Crippen molar-refractivity contribution in [3.05, 3.63) is 36.0 Å². The lowest BCUT2D eigenvalue weighted by molar-refractivity contribution is -0.136. The van der Waals surface area contributed by atoms with Gasteiger partial charge in [-0.25, -0.2) is 0 Å². The van der Waals surface area contributed by atoms with Crippen molar-refractivity contribution in [2.24, 2.45) is 0 Å². The van der Waals surface area contributed by atoms with Crippen molar-refractivity contribution in [3.8, 4) is 0 Å². The summed E-state index contributed by atoms with van der Waals surface area (Å²) in [5, 5.41) is 13.0. The van der Waals surface area contributed by atoms with Crippen molar-refractivity contribution in [1.29, 1.82) is 0 Å². The fraction of sp³-hybridized carbons (Fsp3) is 0.375. The third-order valence-electron chi connectivity index (χ3n) is 3.23. The summed E-state index contributed by atoms with van der Waals surface area (Å²) in [4.78, 5) is 15.0. The molecule has 4 heteroatoms. The maximum absolute atomic E-state index is 10.6. The average Bonchev–Trinajstić information content (AvgIpc) is 2.36. The molecule has 0 amide bonds. The highest BCUT2D eigenvalue weighted by Crippen LogP contribution is 2.31. The van der Waals surface area contributed by atoms with Gasteiger partial charge in [0.05, 0.1) is 17.6 Å². The number of hydrogen-bond acceptors (Lipinski definition) is 3. The van der Waals surface area contributed by atoms with Crippen LogP contribution in [-0.4, -0.2) is 22.6 Å². The van der Waals surface area contributed by atoms with E-state index in [9.17, 15) is 4.79 Å². The molecule has 0 aliphatic rings. The number of nitrogens with zero attached hydrogens (tertiary/aromatic N) is 1. The second-order valence-electron chi connectivity index (χ2n) is 5.88. The fourth-order valence-electron chi connectivity index (χ4n) is 2.28. The summed E-state index contributed by atoms with van der Waals surface area (Å²) < 4.78 is 0. The molecule has 0 saturated carbocycles. The number of carbonyl (C=O) groups is 1. The minimum Gasteiger partial charge on any atom is -0.481 e. The van der Waals surface area contributed by atoms with Crippen molar-refractivity contribution < 1.29 is 9.90 Å². The third-order valence-corrected chi connectivity index (χ3v) is 3.23. The molecular weight excluding hydrogens is 252 g/mol. The molecule has 4 nitrogen and oxygen atoms in total. The zero-order chi connectivity index (χ0) is 14.8. The number of pyridine rings is 1. The number of aromatic nitrogens is 1. The van der Waals surface area contributed by atoms with Gasteiger partial charge in [0.2, 0.25) is 0 Å². The van der Waals surface area contributed by atoms with Crippen molar-refractivity contribution in [2.45, 2.75) is 32.6 Å². The van der Waals surface area contributed by atoms with Gasteiger partial charge in [-0.15, -0.1) is 0 Å². The Labute approximate surface area is 118 Å². The number of benzene rings is 1. The monoisotopic (exact) mass is 272 g/mol. The van der Waals surface area contributed by atoms with Crippen molar-refractivity contribution in [1.82, 2.24) is 4.98 Å². The van der Waals surface area contributed by atoms with E-state index in [1.165, 1.54) is 5.56 Å². The van der Waals surface area contributed by atoms with E-state index in [0.29, 0.717) is 6.54 Å². The zero-order valence-corrected chi connectivity index (χ0v) is 12.1. The number of aliphatic carboxylic acids is 1. The molecule has 0 saturated heterocycles. The summed E-state index contributed by atoms with van der Waals surface area (Å²) in [6, 6.07) is 8.01. The molecule has 0 unspecified atom stereocenters. The summed E-state index contributed by atoms with van der Waals surface area (Å²) in [5.41, 5.74) is 3.06. The second-order valence-corrected chi connectivity index (χ2v) is 5.88. The highest BCUT2D eigenvalue weighted by atomic mass is 16.4. The predicted octanol–water partition coefficient (Wildman–Crippen LogP) is 3.42. The van der Waals surface area contributed by atoms with Crippen LogP contribution in [0, 0.1) is 0 Å². The first-order chi connectivity index (χ1) is 9.39. The maximum atomic E-state index is 10.6. The summed E-state index contributed by atoms with van der Waals surface area (Å²) >= 11 is 0. The largest absolute Gasteiger partial charge is 0.481 e. The van der Waals surface area contributed by atoms with Gasteiger partial charge >= 0.3 is 5.97 Å². The van der Waals surface area contributed by atoms with Gasteiger partial charge in [-0.05, 0) is 23.1 Å². The highest BCUT2D eigenvalue weighted by Gasteiger charge is 2.17. The molecule has 0 atom stereocenters. The van der Waals surface area contributed by atoms with Gasteiger partial charge in [0.1, 0.15) is 0 Å². The van der Waals surface area contributed by atoms with E-state index in [0.717, 1.165) is 16.6 Å². The van der Waals surface area contributed by atoms with Crippen molar-refractivity contribution in [2.75, 3.05) is 11.9 Å². The van der Waals surface area contributed by atoms with Gasteiger partial charge in [-0.3, -0.25) is 9.78 Å². The van der Waals surface area contributed by atoms with E-state index >= 15 is 0 Å². The van der Waals surface area contributed by atoms with Gasteiger partial charge in [0, 0.05) is 18.1 Å². The molecule has 0 spiro atoms. The van der Waals surface area contributed by atoms with Crippen LogP contribution >= 0.6 is 0 Å². The van der Waals surface area contributed by atoms with E-state index in [-0.39, 0.29) is 11.8 Å². The Kier molecular flexibility index (Phi) is 3.93. The fourth-order valence-corrected chi connectivity index (χ4v) is 2.28. The average molecular weight is 272 g/mol. The van der Waals surface area contributed by atoms with Crippen LogP contribution in [0.2, 0.25) is 0 Å². The van der Waals surface area contributed by atoms with Gasteiger partial charge < -0.3 is 10.4 Å². The normalized spacial score (nSPS) is 11.6. The minimum atomic E-state index is -0.805. The Morgan fingerprint density at radius 1 is 1.30 bits per heavy atom. The first kappa shape index (κ1) is 14.3. The second kappa shape index (κ2) is 5.49. The smallest absolute Gasteiger partial charge is 0.305 e. The lowest BCUT2D eigenvalue weighted by Gasteiger charge is -2.21. The topological polar surface area (TPSA) is 62.2 Å². The van der Waals surface area contributed by atoms with Gasteiger partial charge in [-0.2, -0.15) is 0 Å².